The Labute approximate surface area is 145 Å². The summed E-state index contributed by atoms with van der Waals surface area (Å²) in [6.45, 7) is 1.91. The van der Waals surface area contributed by atoms with Crippen LogP contribution in [0.15, 0.2) is 59.5 Å². The minimum Gasteiger partial charge on any atom is -0.351 e. The Morgan fingerprint density at radius 2 is 1.88 bits per heavy atom. The molecule has 1 heterocycles. The first-order valence-electron chi connectivity index (χ1n) is 7.85. The fourth-order valence-electron chi connectivity index (χ4n) is 2.46. The Kier molecular flexibility index (Phi) is 5.38. The van der Waals surface area contributed by atoms with E-state index in [0.29, 0.717) is 25.2 Å². The van der Waals surface area contributed by atoms with Crippen molar-refractivity contribution >= 4 is 29.4 Å². The van der Waals surface area contributed by atoms with Crippen molar-refractivity contribution in [1.82, 2.24) is 10.6 Å². The standard InChI is InChI=1S/C18H19N3O2S/c22-17(19-11-13-24-16-4-2-1-3-5-16)14-6-8-15(9-7-14)21-12-10-20-18(21)23/h1-9H,10-13H2,(H,19,22)(H,20,23). The van der Waals surface area contributed by atoms with Crippen molar-refractivity contribution in [3.05, 3.63) is 60.2 Å². The van der Waals surface area contributed by atoms with E-state index in [4.69, 9.17) is 0 Å². The Morgan fingerprint density at radius 3 is 2.54 bits per heavy atom. The van der Waals surface area contributed by atoms with Crippen molar-refractivity contribution in [2.45, 2.75) is 4.90 Å². The van der Waals surface area contributed by atoms with Gasteiger partial charge in [-0.1, -0.05) is 18.2 Å². The van der Waals surface area contributed by atoms with Gasteiger partial charge in [0.05, 0.1) is 0 Å². The van der Waals surface area contributed by atoms with Crippen LogP contribution in [0.2, 0.25) is 0 Å². The minimum absolute atomic E-state index is 0.0925. The number of urea groups is 1. The molecule has 1 aliphatic rings. The highest BCUT2D eigenvalue weighted by Crippen LogP contribution is 2.18. The van der Waals surface area contributed by atoms with Gasteiger partial charge in [0, 0.05) is 41.5 Å². The second kappa shape index (κ2) is 7.88. The molecule has 124 valence electrons. The van der Waals surface area contributed by atoms with E-state index in [1.165, 1.54) is 4.90 Å². The van der Waals surface area contributed by atoms with E-state index in [1.807, 2.05) is 18.2 Å². The van der Waals surface area contributed by atoms with Gasteiger partial charge in [0.2, 0.25) is 0 Å². The van der Waals surface area contributed by atoms with Gasteiger partial charge in [-0.05, 0) is 36.4 Å². The van der Waals surface area contributed by atoms with Gasteiger partial charge >= 0.3 is 6.03 Å². The molecule has 3 rings (SSSR count). The number of hydrogen-bond donors (Lipinski definition) is 2. The molecule has 0 spiro atoms. The van der Waals surface area contributed by atoms with E-state index in [-0.39, 0.29) is 11.9 Å². The normalized spacial score (nSPS) is 13.7. The van der Waals surface area contributed by atoms with Gasteiger partial charge in [0.1, 0.15) is 0 Å². The molecule has 6 heteroatoms. The summed E-state index contributed by atoms with van der Waals surface area (Å²) in [6.07, 6.45) is 0. The number of rotatable bonds is 6. The average molecular weight is 341 g/mol. The van der Waals surface area contributed by atoms with E-state index >= 15 is 0 Å². The van der Waals surface area contributed by atoms with Crippen LogP contribution in [0, 0.1) is 0 Å². The number of anilines is 1. The van der Waals surface area contributed by atoms with E-state index in [9.17, 15) is 9.59 Å². The molecular formula is C18H19N3O2S. The molecule has 2 aromatic carbocycles. The molecule has 1 aliphatic heterocycles. The summed E-state index contributed by atoms with van der Waals surface area (Å²) in [6, 6.07) is 17.1. The highest BCUT2D eigenvalue weighted by molar-refractivity contribution is 7.99. The zero-order valence-electron chi connectivity index (χ0n) is 13.2. The number of hydrogen-bond acceptors (Lipinski definition) is 3. The molecule has 2 aromatic rings. The van der Waals surface area contributed by atoms with Crippen LogP contribution in [-0.4, -0.2) is 37.3 Å². The van der Waals surface area contributed by atoms with Crippen LogP contribution in [0.25, 0.3) is 0 Å². The summed E-state index contributed by atoms with van der Waals surface area (Å²) in [4.78, 5) is 26.6. The topological polar surface area (TPSA) is 61.4 Å². The molecule has 0 unspecified atom stereocenters. The summed E-state index contributed by atoms with van der Waals surface area (Å²) in [7, 11) is 0. The van der Waals surface area contributed by atoms with Crippen LogP contribution < -0.4 is 15.5 Å². The number of carbonyl (C=O) groups excluding carboxylic acids is 2. The number of thioether (sulfide) groups is 1. The maximum Gasteiger partial charge on any atom is 0.321 e. The van der Waals surface area contributed by atoms with Crippen LogP contribution in [0.3, 0.4) is 0 Å². The van der Waals surface area contributed by atoms with Crippen LogP contribution in [0.4, 0.5) is 10.5 Å². The predicted octanol–water partition coefficient (Wildman–Crippen LogP) is 2.74. The highest BCUT2D eigenvalue weighted by atomic mass is 32.2. The van der Waals surface area contributed by atoms with Crippen molar-refractivity contribution in [3.8, 4) is 0 Å². The third-order valence-corrected chi connectivity index (χ3v) is 4.71. The first-order chi connectivity index (χ1) is 11.7. The zero-order valence-corrected chi connectivity index (χ0v) is 14.0. The minimum atomic E-state index is -0.0962. The van der Waals surface area contributed by atoms with Gasteiger partial charge in [-0.15, -0.1) is 11.8 Å². The molecule has 1 fully saturated rings. The maximum absolute atomic E-state index is 12.1. The lowest BCUT2D eigenvalue weighted by Crippen LogP contribution is -2.28. The number of amides is 3. The monoisotopic (exact) mass is 341 g/mol. The van der Waals surface area contributed by atoms with Crippen LogP contribution in [-0.2, 0) is 0 Å². The summed E-state index contributed by atoms with van der Waals surface area (Å²) in [5, 5.41) is 5.67. The maximum atomic E-state index is 12.1. The number of benzene rings is 2. The summed E-state index contributed by atoms with van der Waals surface area (Å²) in [5.41, 5.74) is 1.41. The lowest BCUT2D eigenvalue weighted by molar-refractivity contribution is 0.0956. The van der Waals surface area contributed by atoms with E-state index < -0.39 is 0 Å². The molecule has 5 nitrogen and oxygen atoms in total. The summed E-state index contributed by atoms with van der Waals surface area (Å²) < 4.78 is 0. The Hall–Kier alpha value is -2.47. The Morgan fingerprint density at radius 1 is 1.12 bits per heavy atom. The predicted molar refractivity (Wildman–Crippen MR) is 96.7 cm³/mol. The number of carbonyl (C=O) groups is 2. The van der Waals surface area contributed by atoms with Gasteiger partial charge in [-0.25, -0.2) is 4.79 Å². The van der Waals surface area contributed by atoms with Crippen LogP contribution >= 0.6 is 11.8 Å². The lowest BCUT2D eigenvalue weighted by Gasteiger charge is -2.14. The van der Waals surface area contributed by atoms with Crippen molar-refractivity contribution in [1.29, 1.82) is 0 Å². The molecule has 0 saturated carbocycles. The van der Waals surface area contributed by atoms with Crippen LogP contribution in [0.1, 0.15) is 10.4 Å². The Balaban J connectivity index is 1.47. The molecule has 0 bridgehead atoms. The third kappa shape index (κ3) is 4.08. The van der Waals surface area contributed by atoms with Gasteiger partial charge < -0.3 is 10.6 Å². The van der Waals surface area contributed by atoms with Gasteiger partial charge in [0.25, 0.3) is 5.91 Å². The van der Waals surface area contributed by atoms with Gasteiger partial charge in [-0.2, -0.15) is 0 Å². The molecule has 3 amide bonds. The fourth-order valence-corrected chi connectivity index (χ4v) is 3.25. The molecule has 0 aromatic heterocycles. The second-order valence-corrected chi connectivity index (χ2v) is 6.52. The largest absolute Gasteiger partial charge is 0.351 e. The van der Waals surface area contributed by atoms with Gasteiger partial charge in [-0.3, -0.25) is 9.69 Å². The first-order valence-corrected chi connectivity index (χ1v) is 8.84. The van der Waals surface area contributed by atoms with Crippen LogP contribution in [0.5, 0.6) is 0 Å². The van der Waals surface area contributed by atoms with Crippen molar-refractivity contribution in [2.24, 2.45) is 0 Å². The van der Waals surface area contributed by atoms with Crippen molar-refractivity contribution in [2.75, 3.05) is 30.3 Å². The van der Waals surface area contributed by atoms with Gasteiger partial charge in [0.15, 0.2) is 0 Å². The summed E-state index contributed by atoms with van der Waals surface area (Å²) >= 11 is 1.71. The van der Waals surface area contributed by atoms with Crippen molar-refractivity contribution < 1.29 is 9.59 Å². The van der Waals surface area contributed by atoms with E-state index in [2.05, 4.69) is 22.8 Å². The third-order valence-electron chi connectivity index (χ3n) is 3.70. The Bertz CT molecular complexity index is 704. The number of nitrogens with one attached hydrogen (secondary N) is 2. The first kappa shape index (κ1) is 16.4. The molecule has 0 aliphatic carbocycles. The molecule has 1 saturated heterocycles. The lowest BCUT2D eigenvalue weighted by atomic mass is 10.2. The molecular weight excluding hydrogens is 322 g/mol. The molecule has 0 radical (unpaired) electrons. The number of nitrogens with zero attached hydrogens (tertiary/aromatic N) is 1. The fraction of sp³-hybridized carbons (Fsp3) is 0.222. The quantitative estimate of drug-likeness (QED) is 0.627. The molecule has 24 heavy (non-hydrogen) atoms. The van der Waals surface area contributed by atoms with Crippen molar-refractivity contribution in [3.63, 3.8) is 0 Å². The zero-order chi connectivity index (χ0) is 16.8. The smallest absolute Gasteiger partial charge is 0.321 e. The van der Waals surface area contributed by atoms with E-state index in [0.717, 1.165) is 11.4 Å². The van der Waals surface area contributed by atoms with E-state index in [1.54, 1.807) is 40.9 Å². The molecule has 2 N–H and O–H groups in total. The second-order valence-electron chi connectivity index (χ2n) is 5.35. The SMILES string of the molecule is O=C(NCCSc1ccccc1)c1ccc(N2CCNC2=O)cc1. The molecule has 0 atom stereocenters. The average Bonchev–Trinajstić information content (AvgIpc) is 3.05. The highest BCUT2D eigenvalue weighted by Gasteiger charge is 2.21. The summed E-state index contributed by atoms with van der Waals surface area (Å²) in [5.74, 6) is 0.725.